The van der Waals surface area contributed by atoms with Gasteiger partial charge in [0.15, 0.2) is 0 Å². The van der Waals surface area contributed by atoms with Gasteiger partial charge in [-0.25, -0.2) is 4.79 Å². The predicted octanol–water partition coefficient (Wildman–Crippen LogP) is -0.283. The average molecular weight is 215 g/mol. The molecule has 0 aromatic heterocycles. The molecule has 0 spiro atoms. The Balaban J connectivity index is 2.33. The predicted molar refractivity (Wildman–Crippen MR) is 50.0 cm³/mol. The van der Waals surface area contributed by atoms with E-state index in [2.05, 4.69) is 11.9 Å². The Labute approximate surface area is 86.8 Å². The average Bonchev–Trinajstić information content (AvgIpc) is 2.50. The molecular formula is C9H12N2O4. The number of carbonyl (C=O) groups is 3. The first kappa shape index (κ1) is 11.2. The van der Waals surface area contributed by atoms with Gasteiger partial charge in [-0.15, -0.1) is 5.06 Å². The minimum absolute atomic E-state index is 0.0236. The standard InChI is InChI=1S/C9H12N2O4/c1-7-2-3-8(13)11(7)15-9(14)4-5-10-6-12/h6H,1-5H2,(H,10,12)/i6+1,9+1,10+1. The van der Waals surface area contributed by atoms with E-state index in [4.69, 9.17) is 4.84 Å². The van der Waals surface area contributed by atoms with Crippen molar-refractivity contribution in [3.8, 4) is 0 Å². The molecule has 1 rings (SSSR count). The smallest absolute Gasteiger partial charge is 0.334 e. The van der Waals surface area contributed by atoms with Crippen molar-refractivity contribution < 1.29 is 19.2 Å². The number of rotatable bonds is 5. The van der Waals surface area contributed by atoms with Crippen molar-refractivity contribution in [3.05, 3.63) is 12.3 Å². The number of nitrogens with one attached hydrogen (secondary N) is 1. The lowest BCUT2D eigenvalue weighted by Gasteiger charge is -2.15. The SMILES string of the molecule is C=C1CCC(=O)N1O[13C](=O)CC[15NH][13CH]=O. The third-order valence-corrected chi connectivity index (χ3v) is 1.89. The molecule has 0 aromatic rings. The molecule has 0 saturated carbocycles. The van der Waals surface area contributed by atoms with Crippen molar-refractivity contribution in [2.75, 3.05) is 6.54 Å². The summed E-state index contributed by atoms with van der Waals surface area (Å²) in [5, 5.41) is 3.24. The van der Waals surface area contributed by atoms with Gasteiger partial charge in [-0.05, 0) is 6.42 Å². The van der Waals surface area contributed by atoms with Crippen LogP contribution in [0.5, 0.6) is 0 Å². The van der Waals surface area contributed by atoms with Crippen LogP contribution in [-0.2, 0) is 19.2 Å². The van der Waals surface area contributed by atoms with E-state index >= 15 is 0 Å². The molecule has 0 radical (unpaired) electrons. The molecule has 0 aliphatic carbocycles. The molecule has 6 nitrogen and oxygen atoms in total. The van der Waals surface area contributed by atoms with Crippen molar-refractivity contribution >= 4 is 18.3 Å². The summed E-state index contributed by atoms with van der Waals surface area (Å²) in [6.07, 6.45) is 1.35. The van der Waals surface area contributed by atoms with Crippen LogP contribution in [0.15, 0.2) is 12.3 Å². The molecule has 1 aliphatic heterocycles. The molecule has 1 saturated heterocycles. The van der Waals surface area contributed by atoms with Gasteiger partial charge in [0.05, 0.1) is 12.1 Å². The molecule has 0 atom stereocenters. The molecule has 2 amide bonds. The Morgan fingerprint density at radius 2 is 2.33 bits per heavy atom. The fourth-order valence-corrected chi connectivity index (χ4v) is 1.13. The minimum Gasteiger partial charge on any atom is -0.358 e. The first-order chi connectivity index (χ1) is 7.15. The number of hydroxylamine groups is 2. The molecular weight excluding hydrogens is 203 g/mol. The van der Waals surface area contributed by atoms with Gasteiger partial charge in [0.2, 0.25) is 6.41 Å². The lowest BCUT2D eigenvalue weighted by Crippen LogP contribution is -2.28. The summed E-state index contributed by atoms with van der Waals surface area (Å²) in [5.41, 5.74) is 0.483. The van der Waals surface area contributed by atoms with Gasteiger partial charge in [-0.3, -0.25) is 9.59 Å². The van der Waals surface area contributed by atoms with Gasteiger partial charge in [0.1, 0.15) is 0 Å². The van der Waals surface area contributed by atoms with E-state index in [-0.39, 0.29) is 18.9 Å². The Morgan fingerprint density at radius 3 is 2.87 bits per heavy atom. The molecule has 82 valence electrons. The lowest BCUT2D eigenvalue weighted by atomic mass is 10.3. The van der Waals surface area contributed by atoms with Gasteiger partial charge >= 0.3 is 5.97 Å². The zero-order chi connectivity index (χ0) is 11.3. The van der Waals surface area contributed by atoms with Crippen LogP contribution in [0.25, 0.3) is 0 Å². The van der Waals surface area contributed by atoms with Gasteiger partial charge in [-0.1, -0.05) is 6.58 Å². The summed E-state index contributed by atoms with van der Waals surface area (Å²) >= 11 is 0. The maximum atomic E-state index is 11.2. The minimum atomic E-state index is -0.569. The number of carbonyl (C=O) groups excluding carboxylic acids is 3. The van der Waals surface area contributed by atoms with Crippen molar-refractivity contribution in [1.82, 2.24) is 10.4 Å². The molecule has 1 aliphatic rings. The highest BCUT2D eigenvalue weighted by atomic mass is 16.8. The summed E-state index contributed by atoms with van der Waals surface area (Å²) in [7, 11) is 0. The van der Waals surface area contributed by atoms with Crippen LogP contribution in [0.4, 0.5) is 0 Å². The molecule has 1 N–H and O–H groups in total. The molecule has 1 heterocycles. The van der Waals surface area contributed by atoms with Crippen LogP contribution in [0, 0.1) is 0 Å². The van der Waals surface area contributed by atoms with Crippen molar-refractivity contribution in [1.29, 1.82) is 0 Å². The van der Waals surface area contributed by atoms with E-state index < -0.39 is 5.97 Å². The normalized spacial score (nSPS) is 15.3. The van der Waals surface area contributed by atoms with Crippen molar-refractivity contribution in [2.45, 2.75) is 19.3 Å². The summed E-state index contributed by atoms with van der Waals surface area (Å²) in [5.74, 6) is -0.836. The first-order valence-corrected chi connectivity index (χ1v) is 4.53. The largest absolute Gasteiger partial charge is 0.358 e. The first-order valence-electron chi connectivity index (χ1n) is 4.53. The zero-order valence-electron chi connectivity index (χ0n) is 8.19. The van der Waals surface area contributed by atoms with Crippen molar-refractivity contribution in [2.24, 2.45) is 0 Å². The Morgan fingerprint density at radius 1 is 1.60 bits per heavy atom. The maximum Gasteiger partial charge on any atom is 0.334 e. The zero-order valence-corrected chi connectivity index (χ0v) is 8.19. The van der Waals surface area contributed by atoms with E-state index in [1.165, 1.54) is 0 Å². The summed E-state index contributed by atoms with van der Waals surface area (Å²) in [6, 6.07) is 0. The summed E-state index contributed by atoms with van der Waals surface area (Å²) in [6.45, 7) is 3.78. The van der Waals surface area contributed by atoms with Crippen molar-refractivity contribution in [3.63, 3.8) is 0 Å². The molecule has 0 unspecified atom stereocenters. The van der Waals surface area contributed by atoms with E-state index in [1.54, 1.807) is 0 Å². The Hall–Kier alpha value is -1.85. The van der Waals surface area contributed by atoms with E-state index in [0.717, 1.165) is 5.06 Å². The highest BCUT2D eigenvalue weighted by Crippen LogP contribution is 2.20. The second kappa shape index (κ2) is 5.14. The number of amides is 2. The van der Waals surface area contributed by atoms with Gasteiger partial charge in [0.25, 0.3) is 5.91 Å². The third-order valence-electron chi connectivity index (χ3n) is 1.89. The van der Waals surface area contributed by atoms with E-state index in [0.29, 0.717) is 24.9 Å². The molecule has 15 heavy (non-hydrogen) atoms. The second-order valence-corrected chi connectivity index (χ2v) is 3.04. The third kappa shape index (κ3) is 3.08. The number of hydrogen-bond donors (Lipinski definition) is 1. The monoisotopic (exact) mass is 215 g/mol. The molecule has 1 fully saturated rings. The second-order valence-electron chi connectivity index (χ2n) is 3.04. The van der Waals surface area contributed by atoms with Crippen LogP contribution in [0.3, 0.4) is 0 Å². The van der Waals surface area contributed by atoms with Crippen LogP contribution in [0.1, 0.15) is 19.3 Å². The van der Waals surface area contributed by atoms with Crippen LogP contribution in [-0.4, -0.2) is 29.9 Å². The molecule has 0 aromatic carbocycles. The van der Waals surface area contributed by atoms with Gasteiger partial charge in [0, 0.05) is 13.0 Å². The van der Waals surface area contributed by atoms with Crippen LogP contribution < -0.4 is 5.32 Å². The quantitative estimate of drug-likeness (QED) is 0.296. The fraction of sp³-hybridized carbons (Fsp3) is 0.444. The van der Waals surface area contributed by atoms with Gasteiger partial charge < -0.3 is 10.2 Å². The molecule has 6 heteroatoms. The lowest BCUT2D eigenvalue weighted by molar-refractivity contribution is -0.186. The summed E-state index contributed by atoms with van der Waals surface area (Å²) in [4.78, 5) is 37.0. The number of allylic oxidation sites excluding steroid dienone is 1. The van der Waals surface area contributed by atoms with E-state index in [9.17, 15) is 14.4 Å². The molecule has 0 bridgehead atoms. The highest BCUT2D eigenvalue weighted by molar-refractivity contribution is 5.82. The number of nitrogens with zero attached hydrogens (tertiary/aromatic N) is 1. The Kier molecular flexibility index (Phi) is 3.84. The van der Waals surface area contributed by atoms with Crippen LogP contribution >= 0.6 is 0 Å². The fourth-order valence-electron chi connectivity index (χ4n) is 1.13. The highest BCUT2D eigenvalue weighted by Gasteiger charge is 2.27. The number of hydrogen-bond acceptors (Lipinski definition) is 4. The van der Waals surface area contributed by atoms with Crippen LogP contribution in [0.2, 0.25) is 0 Å². The Bertz CT molecular complexity index is 284. The topological polar surface area (TPSA) is 75.7 Å². The summed E-state index contributed by atoms with van der Waals surface area (Å²) < 4.78 is 0. The van der Waals surface area contributed by atoms with E-state index in [1.807, 2.05) is 0 Å². The maximum absolute atomic E-state index is 11.2. The van der Waals surface area contributed by atoms with Gasteiger partial charge in [-0.2, -0.15) is 0 Å².